The zero-order valence-corrected chi connectivity index (χ0v) is 13.4. The van der Waals surface area contributed by atoms with Crippen LogP contribution in [0, 0.1) is 5.92 Å². The number of hydrogen-bond acceptors (Lipinski definition) is 4. The average molecular weight is 352 g/mol. The first kappa shape index (κ1) is 15.0. The van der Waals surface area contributed by atoms with Gasteiger partial charge in [-0.15, -0.1) is 0 Å². The minimum atomic E-state index is -3.59. The first-order chi connectivity index (χ1) is 8.86. The average Bonchev–Trinajstić information content (AvgIpc) is 3.07. The van der Waals surface area contributed by atoms with Crippen LogP contribution >= 0.6 is 15.9 Å². The fourth-order valence-corrected chi connectivity index (χ4v) is 4.60. The van der Waals surface area contributed by atoms with Crippen LogP contribution in [0.25, 0.3) is 0 Å². The molecule has 0 saturated heterocycles. The van der Waals surface area contributed by atoms with Crippen LogP contribution in [0.15, 0.2) is 20.0 Å². The highest BCUT2D eigenvalue weighted by Gasteiger charge is 2.35. The molecule has 0 spiro atoms. The molecule has 1 aliphatic rings. The van der Waals surface area contributed by atoms with Gasteiger partial charge in [-0.2, -0.15) is 4.31 Å². The number of nitrogens with zero attached hydrogens (tertiary/aromatic N) is 1. The molecule has 0 radical (unpaired) electrons. The summed E-state index contributed by atoms with van der Waals surface area (Å²) in [6, 6.07) is 1.27. The molecule has 0 amide bonds. The van der Waals surface area contributed by atoms with Gasteiger partial charge in [0.25, 0.3) is 0 Å². The van der Waals surface area contributed by atoms with E-state index in [0.29, 0.717) is 12.5 Å². The van der Waals surface area contributed by atoms with Gasteiger partial charge in [0.05, 0.1) is 0 Å². The fraction of sp³-hybridized carbons (Fsp3) is 0.667. The van der Waals surface area contributed by atoms with Crippen LogP contribution in [0.1, 0.15) is 32.4 Å². The van der Waals surface area contributed by atoms with Crippen molar-refractivity contribution < 1.29 is 17.9 Å². The van der Waals surface area contributed by atoms with Gasteiger partial charge in [0, 0.05) is 18.7 Å². The second-order valence-electron chi connectivity index (χ2n) is 5.12. The Morgan fingerprint density at radius 3 is 2.58 bits per heavy atom. The highest BCUT2D eigenvalue weighted by Crippen LogP contribution is 2.35. The lowest BCUT2D eigenvalue weighted by Gasteiger charge is -2.25. The van der Waals surface area contributed by atoms with Crippen molar-refractivity contribution in [2.75, 3.05) is 6.54 Å². The molecule has 108 valence electrons. The summed E-state index contributed by atoms with van der Waals surface area (Å²) in [6.07, 6.45) is 2.18. The van der Waals surface area contributed by atoms with Crippen molar-refractivity contribution in [1.29, 1.82) is 0 Å². The second-order valence-corrected chi connectivity index (χ2v) is 7.70. The Morgan fingerprint density at radius 2 is 2.16 bits per heavy atom. The van der Waals surface area contributed by atoms with Crippen LogP contribution in [0.3, 0.4) is 0 Å². The minimum Gasteiger partial charge on any atom is -0.450 e. The maximum absolute atomic E-state index is 12.6. The van der Waals surface area contributed by atoms with E-state index < -0.39 is 10.0 Å². The number of hydrogen-bond donors (Lipinski definition) is 1. The van der Waals surface area contributed by atoms with Crippen LogP contribution in [0.4, 0.5) is 0 Å². The van der Waals surface area contributed by atoms with E-state index in [4.69, 9.17) is 9.52 Å². The van der Waals surface area contributed by atoms with E-state index in [-0.39, 0.29) is 28.0 Å². The lowest BCUT2D eigenvalue weighted by molar-refractivity contribution is 0.245. The first-order valence-electron chi connectivity index (χ1n) is 6.27. The predicted octanol–water partition coefficient (Wildman–Crippen LogP) is 2.34. The number of halogens is 1. The molecule has 1 heterocycles. The number of rotatable bonds is 6. The van der Waals surface area contributed by atoms with Gasteiger partial charge in [-0.3, -0.25) is 0 Å². The number of aliphatic hydroxyl groups excluding tert-OH is 1. The largest absolute Gasteiger partial charge is 0.450 e. The zero-order chi connectivity index (χ0) is 14.2. The lowest BCUT2D eigenvalue weighted by atomic mass is 10.3. The van der Waals surface area contributed by atoms with Gasteiger partial charge in [-0.05, 0) is 48.5 Å². The van der Waals surface area contributed by atoms with Gasteiger partial charge < -0.3 is 9.52 Å². The van der Waals surface area contributed by atoms with Crippen molar-refractivity contribution in [3.63, 3.8) is 0 Å². The Labute approximate surface area is 121 Å². The van der Waals surface area contributed by atoms with Gasteiger partial charge in [0.1, 0.15) is 17.3 Å². The van der Waals surface area contributed by atoms with E-state index in [1.807, 2.05) is 13.8 Å². The Hall–Kier alpha value is -0.370. The number of furan rings is 1. The van der Waals surface area contributed by atoms with E-state index in [2.05, 4.69) is 15.9 Å². The molecule has 0 unspecified atom stereocenters. The van der Waals surface area contributed by atoms with Gasteiger partial charge in [-0.1, -0.05) is 0 Å². The predicted molar refractivity (Wildman–Crippen MR) is 74.1 cm³/mol. The summed E-state index contributed by atoms with van der Waals surface area (Å²) in [5.74, 6) is 0.709. The molecule has 1 aliphatic carbocycles. The van der Waals surface area contributed by atoms with Crippen LogP contribution in [-0.2, 0) is 16.6 Å². The molecular weight excluding hydrogens is 334 g/mol. The highest BCUT2D eigenvalue weighted by molar-refractivity contribution is 9.10. The number of sulfonamides is 1. The third-order valence-electron chi connectivity index (χ3n) is 3.16. The van der Waals surface area contributed by atoms with E-state index in [1.54, 1.807) is 0 Å². The maximum atomic E-state index is 12.6. The molecule has 2 rings (SSSR count). The topological polar surface area (TPSA) is 70.8 Å². The molecule has 19 heavy (non-hydrogen) atoms. The third-order valence-corrected chi connectivity index (χ3v) is 6.06. The fourth-order valence-electron chi connectivity index (χ4n) is 1.92. The van der Waals surface area contributed by atoms with Crippen molar-refractivity contribution in [2.45, 2.75) is 44.2 Å². The lowest BCUT2D eigenvalue weighted by Crippen LogP contribution is -2.38. The molecule has 1 fully saturated rings. The van der Waals surface area contributed by atoms with Crippen molar-refractivity contribution in [3.8, 4) is 0 Å². The standard InChI is InChI=1S/C12H18BrNO4S/c1-8(2)14(6-9-3-4-9)19(16,17)11-5-10(7-15)18-12(11)13/h5,8-9,15H,3-4,6-7H2,1-2H3. The quantitative estimate of drug-likeness (QED) is 0.853. The normalized spacial score (nSPS) is 16.5. The molecule has 5 nitrogen and oxygen atoms in total. The second kappa shape index (κ2) is 5.55. The van der Waals surface area contributed by atoms with Crippen molar-refractivity contribution in [2.24, 2.45) is 5.92 Å². The molecule has 0 atom stereocenters. The number of aliphatic hydroxyl groups is 1. The molecule has 0 bridgehead atoms. The summed E-state index contributed by atoms with van der Waals surface area (Å²) < 4.78 is 32.1. The smallest absolute Gasteiger partial charge is 0.247 e. The Kier molecular flexibility index (Phi) is 4.39. The molecule has 1 saturated carbocycles. The molecule has 0 aliphatic heterocycles. The molecular formula is C12H18BrNO4S. The zero-order valence-electron chi connectivity index (χ0n) is 11.0. The first-order valence-corrected chi connectivity index (χ1v) is 8.50. The SMILES string of the molecule is CC(C)N(CC1CC1)S(=O)(=O)c1cc(CO)oc1Br. The van der Waals surface area contributed by atoms with Crippen LogP contribution in [0.5, 0.6) is 0 Å². The van der Waals surface area contributed by atoms with Crippen molar-refractivity contribution in [3.05, 3.63) is 16.5 Å². The monoisotopic (exact) mass is 351 g/mol. The summed E-state index contributed by atoms with van der Waals surface area (Å²) in [5.41, 5.74) is 0. The van der Waals surface area contributed by atoms with Gasteiger partial charge in [-0.25, -0.2) is 8.42 Å². The van der Waals surface area contributed by atoms with E-state index in [0.717, 1.165) is 12.8 Å². The molecule has 1 aromatic rings. The minimum absolute atomic E-state index is 0.0888. The maximum Gasteiger partial charge on any atom is 0.247 e. The molecule has 0 aromatic carbocycles. The van der Waals surface area contributed by atoms with E-state index in [9.17, 15) is 8.42 Å². The summed E-state index contributed by atoms with van der Waals surface area (Å²) in [7, 11) is -3.59. The van der Waals surface area contributed by atoms with Gasteiger partial charge in [0.2, 0.25) is 10.0 Å². The summed E-state index contributed by atoms with van der Waals surface area (Å²) in [5, 5.41) is 9.02. The highest BCUT2D eigenvalue weighted by atomic mass is 79.9. The van der Waals surface area contributed by atoms with Crippen molar-refractivity contribution >= 4 is 26.0 Å². The van der Waals surface area contributed by atoms with Crippen LogP contribution in [-0.4, -0.2) is 30.4 Å². The van der Waals surface area contributed by atoms with Crippen LogP contribution in [0.2, 0.25) is 0 Å². The Morgan fingerprint density at radius 1 is 1.53 bits per heavy atom. The summed E-state index contributed by atoms with van der Waals surface area (Å²) >= 11 is 3.11. The summed E-state index contributed by atoms with van der Waals surface area (Å²) in [6.45, 7) is 3.95. The molecule has 7 heteroatoms. The molecule has 1 aromatic heterocycles. The van der Waals surface area contributed by atoms with Crippen LogP contribution < -0.4 is 0 Å². The summed E-state index contributed by atoms with van der Waals surface area (Å²) in [4.78, 5) is 0.0888. The van der Waals surface area contributed by atoms with E-state index in [1.165, 1.54) is 10.4 Å². The third kappa shape index (κ3) is 3.21. The Balaban J connectivity index is 2.34. The van der Waals surface area contributed by atoms with Crippen molar-refractivity contribution in [1.82, 2.24) is 4.31 Å². The van der Waals surface area contributed by atoms with Gasteiger partial charge >= 0.3 is 0 Å². The Bertz CT molecular complexity index is 548. The van der Waals surface area contributed by atoms with E-state index >= 15 is 0 Å². The molecule has 1 N–H and O–H groups in total. The van der Waals surface area contributed by atoms with Gasteiger partial charge in [0.15, 0.2) is 4.67 Å².